The third kappa shape index (κ3) is 2.72. The minimum Gasteiger partial charge on any atom is -0.480 e. The van der Waals surface area contributed by atoms with Crippen LogP contribution in [0.3, 0.4) is 0 Å². The van der Waals surface area contributed by atoms with Crippen LogP contribution in [0.2, 0.25) is 0 Å². The molecule has 1 heterocycles. The first-order valence-electron chi connectivity index (χ1n) is 6.80. The Kier molecular flexibility index (Phi) is 3.93. The van der Waals surface area contributed by atoms with E-state index in [9.17, 15) is 14.7 Å². The van der Waals surface area contributed by atoms with E-state index in [0.29, 0.717) is 24.0 Å². The van der Waals surface area contributed by atoms with Crippen LogP contribution >= 0.6 is 0 Å². The van der Waals surface area contributed by atoms with Crippen LogP contribution in [0.25, 0.3) is 11.0 Å². The quantitative estimate of drug-likeness (QED) is 0.868. The first kappa shape index (κ1) is 15.0. The number of aliphatic carboxylic acids is 1. The van der Waals surface area contributed by atoms with Crippen molar-refractivity contribution in [3.8, 4) is 0 Å². The van der Waals surface area contributed by atoms with Crippen molar-refractivity contribution in [2.45, 2.75) is 39.3 Å². The third-order valence-corrected chi connectivity index (χ3v) is 3.64. The van der Waals surface area contributed by atoms with Gasteiger partial charge in [0.05, 0.1) is 5.52 Å². The van der Waals surface area contributed by atoms with E-state index in [4.69, 9.17) is 0 Å². The highest BCUT2D eigenvalue weighted by atomic mass is 16.4. The van der Waals surface area contributed by atoms with Crippen molar-refractivity contribution in [1.82, 2.24) is 20.3 Å². The second-order valence-corrected chi connectivity index (χ2v) is 5.05. The van der Waals surface area contributed by atoms with E-state index in [1.165, 1.54) is 6.92 Å². The molecule has 0 spiro atoms. The van der Waals surface area contributed by atoms with Gasteiger partial charge in [0.25, 0.3) is 5.91 Å². The van der Waals surface area contributed by atoms with Gasteiger partial charge >= 0.3 is 5.97 Å². The van der Waals surface area contributed by atoms with Crippen LogP contribution in [-0.4, -0.2) is 37.5 Å². The fraction of sp³-hybridized carbons (Fsp3) is 0.429. The molecule has 0 aliphatic rings. The smallest absolute Gasteiger partial charge is 0.329 e. The van der Waals surface area contributed by atoms with Gasteiger partial charge in [0.15, 0.2) is 0 Å². The van der Waals surface area contributed by atoms with Gasteiger partial charge in [-0.25, -0.2) is 9.48 Å². The maximum absolute atomic E-state index is 12.2. The number of carboxylic acid groups (broad SMARTS) is 1. The lowest BCUT2D eigenvalue weighted by atomic mass is 9.98. The Labute approximate surface area is 121 Å². The lowest BCUT2D eigenvalue weighted by molar-refractivity contribution is -0.143. The fourth-order valence-electron chi connectivity index (χ4n) is 1.96. The fourth-order valence-corrected chi connectivity index (χ4v) is 1.96. The molecule has 1 amide bonds. The van der Waals surface area contributed by atoms with Crippen molar-refractivity contribution >= 4 is 22.9 Å². The molecule has 112 valence electrons. The van der Waals surface area contributed by atoms with Gasteiger partial charge < -0.3 is 10.4 Å². The molecule has 2 N–H and O–H groups in total. The van der Waals surface area contributed by atoms with Crippen molar-refractivity contribution in [3.05, 3.63) is 23.8 Å². The van der Waals surface area contributed by atoms with Crippen molar-refractivity contribution in [1.29, 1.82) is 0 Å². The van der Waals surface area contributed by atoms with Crippen LogP contribution in [-0.2, 0) is 11.3 Å². The lowest BCUT2D eigenvalue weighted by Gasteiger charge is -2.24. The Bertz CT molecular complexity index is 695. The topological polar surface area (TPSA) is 97.1 Å². The second-order valence-electron chi connectivity index (χ2n) is 5.05. The van der Waals surface area contributed by atoms with Gasteiger partial charge in [-0.15, -0.1) is 5.10 Å². The summed E-state index contributed by atoms with van der Waals surface area (Å²) in [5.74, 6) is -1.49. The molecule has 0 saturated carbocycles. The number of rotatable bonds is 5. The molecule has 0 aliphatic carbocycles. The largest absolute Gasteiger partial charge is 0.480 e. The molecule has 1 atom stereocenters. The summed E-state index contributed by atoms with van der Waals surface area (Å²) in [7, 11) is 0. The average molecular weight is 290 g/mol. The van der Waals surface area contributed by atoms with Crippen LogP contribution < -0.4 is 5.32 Å². The van der Waals surface area contributed by atoms with Gasteiger partial charge in [0, 0.05) is 12.1 Å². The summed E-state index contributed by atoms with van der Waals surface area (Å²) in [4.78, 5) is 23.4. The number of fused-ring (bicyclic) bond motifs is 1. The van der Waals surface area contributed by atoms with Crippen LogP contribution in [0.4, 0.5) is 0 Å². The average Bonchev–Trinajstić information content (AvgIpc) is 2.88. The van der Waals surface area contributed by atoms with Crippen LogP contribution in [0, 0.1) is 0 Å². The number of carbonyl (C=O) groups is 2. The van der Waals surface area contributed by atoms with Gasteiger partial charge in [-0.3, -0.25) is 4.79 Å². The molecule has 0 radical (unpaired) electrons. The van der Waals surface area contributed by atoms with E-state index in [0.717, 1.165) is 5.52 Å². The molecule has 1 aromatic heterocycles. The predicted octanol–water partition coefficient (Wildman–Crippen LogP) is 1.43. The summed E-state index contributed by atoms with van der Waals surface area (Å²) in [5.41, 5.74) is 0.530. The molecule has 1 aromatic carbocycles. The Morgan fingerprint density at radius 3 is 2.67 bits per heavy atom. The van der Waals surface area contributed by atoms with E-state index in [2.05, 4.69) is 15.6 Å². The summed E-state index contributed by atoms with van der Waals surface area (Å²) in [5, 5.41) is 19.7. The number of aromatic nitrogens is 3. The van der Waals surface area contributed by atoms with E-state index in [1.54, 1.807) is 29.8 Å². The lowest BCUT2D eigenvalue weighted by Crippen LogP contribution is -2.51. The summed E-state index contributed by atoms with van der Waals surface area (Å²) < 4.78 is 1.73. The van der Waals surface area contributed by atoms with E-state index in [1.807, 2.05) is 6.92 Å². The Hall–Kier alpha value is -2.44. The molecule has 2 rings (SSSR count). The molecule has 21 heavy (non-hydrogen) atoms. The van der Waals surface area contributed by atoms with Crippen LogP contribution in [0.1, 0.15) is 37.6 Å². The number of carboxylic acids is 1. The maximum atomic E-state index is 12.2. The summed E-state index contributed by atoms with van der Waals surface area (Å²) in [6.07, 6.45) is 0.294. The molecule has 1 unspecified atom stereocenters. The van der Waals surface area contributed by atoms with Gasteiger partial charge in [0.2, 0.25) is 0 Å². The summed E-state index contributed by atoms with van der Waals surface area (Å²) >= 11 is 0. The predicted molar refractivity (Wildman–Crippen MR) is 77.0 cm³/mol. The maximum Gasteiger partial charge on any atom is 0.329 e. The Morgan fingerprint density at radius 1 is 1.38 bits per heavy atom. The number of hydrogen-bond donors (Lipinski definition) is 2. The Balaban J connectivity index is 2.29. The van der Waals surface area contributed by atoms with E-state index >= 15 is 0 Å². The SMILES string of the molecule is CCn1nnc2cc(C(=O)NC(C)(CC)C(=O)O)ccc21. The Morgan fingerprint density at radius 2 is 2.10 bits per heavy atom. The number of benzene rings is 1. The van der Waals surface area contributed by atoms with Gasteiger partial charge in [-0.2, -0.15) is 0 Å². The molecule has 0 saturated heterocycles. The summed E-state index contributed by atoms with van der Waals surface area (Å²) in [6, 6.07) is 5.02. The van der Waals surface area contributed by atoms with Gasteiger partial charge in [0.1, 0.15) is 11.1 Å². The number of carbonyl (C=O) groups excluding carboxylic acids is 1. The highest BCUT2D eigenvalue weighted by molar-refractivity contribution is 5.99. The molecular weight excluding hydrogens is 272 g/mol. The molecule has 0 fully saturated rings. The molecule has 7 heteroatoms. The zero-order valence-electron chi connectivity index (χ0n) is 12.3. The minimum absolute atomic E-state index is 0.294. The van der Waals surface area contributed by atoms with Crippen LogP contribution in [0.15, 0.2) is 18.2 Å². The highest BCUT2D eigenvalue weighted by Gasteiger charge is 2.33. The van der Waals surface area contributed by atoms with Crippen molar-refractivity contribution in [3.63, 3.8) is 0 Å². The zero-order chi connectivity index (χ0) is 15.6. The van der Waals surface area contributed by atoms with Crippen molar-refractivity contribution in [2.24, 2.45) is 0 Å². The third-order valence-electron chi connectivity index (χ3n) is 3.64. The van der Waals surface area contributed by atoms with Crippen molar-refractivity contribution in [2.75, 3.05) is 0 Å². The van der Waals surface area contributed by atoms with E-state index in [-0.39, 0.29) is 0 Å². The molecular formula is C14H18N4O3. The van der Waals surface area contributed by atoms with Gasteiger partial charge in [-0.05, 0) is 38.5 Å². The number of nitrogens with one attached hydrogen (secondary N) is 1. The number of hydrogen-bond acceptors (Lipinski definition) is 4. The molecule has 7 nitrogen and oxygen atoms in total. The molecule has 0 aliphatic heterocycles. The standard InChI is InChI=1S/C14H18N4O3/c1-4-14(3,13(20)21)15-12(19)9-6-7-11-10(8-9)16-17-18(11)5-2/h6-8H,4-5H2,1-3H3,(H,15,19)(H,20,21). The van der Waals surface area contributed by atoms with Crippen LogP contribution in [0.5, 0.6) is 0 Å². The normalized spacial score (nSPS) is 13.9. The zero-order valence-corrected chi connectivity index (χ0v) is 12.3. The van der Waals surface area contributed by atoms with E-state index < -0.39 is 17.4 Å². The number of nitrogens with zero attached hydrogens (tertiary/aromatic N) is 3. The first-order chi connectivity index (χ1) is 9.91. The minimum atomic E-state index is -1.28. The van der Waals surface area contributed by atoms with Gasteiger partial charge in [-0.1, -0.05) is 12.1 Å². The number of amides is 1. The summed E-state index contributed by atoms with van der Waals surface area (Å²) in [6.45, 7) is 5.84. The highest BCUT2D eigenvalue weighted by Crippen LogP contribution is 2.15. The molecule has 0 bridgehead atoms. The molecule has 2 aromatic rings. The monoisotopic (exact) mass is 290 g/mol. The van der Waals surface area contributed by atoms with Crippen molar-refractivity contribution < 1.29 is 14.7 Å². The number of aryl methyl sites for hydroxylation is 1. The second kappa shape index (κ2) is 5.51. The first-order valence-corrected chi connectivity index (χ1v) is 6.80.